The van der Waals surface area contributed by atoms with Gasteiger partial charge in [-0.15, -0.1) is 0 Å². The van der Waals surface area contributed by atoms with Crippen LogP contribution in [0.5, 0.6) is 5.75 Å². The van der Waals surface area contributed by atoms with Crippen LogP contribution in [0.2, 0.25) is 0 Å². The van der Waals surface area contributed by atoms with Crippen LogP contribution in [0.3, 0.4) is 0 Å². The van der Waals surface area contributed by atoms with E-state index in [1.165, 1.54) is 16.7 Å². The molecule has 0 bridgehead atoms. The molecule has 1 aromatic rings. The molecule has 0 heterocycles. The van der Waals surface area contributed by atoms with Crippen LogP contribution < -0.4 is 10.1 Å². The van der Waals surface area contributed by atoms with Gasteiger partial charge in [-0.3, -0.25) is 0 Å². The lowest BCUT2D eigenvalue weighted by Gasteiger charge is -2.12. The predicted molar refractivity (Wildman–Crippen MR) is 70.7 cm³/mol. The number of ether oxygens (including phenoxy) is 1. The summed E-state index contributed by atoms with van der Waals surface area (Å²) in [7, 11) is 1.71. The van der Waals surface area contributed by atoms with Crippen molar-refractivity contribution in [3.05, 3.63) is 28.8 Å². The van der Waals surface area contributed by atoms with Crippen LogP contribution >= 0.6 is 0 Å². The van der Waals surface area contributed by atoms with Gasteiger partial charge < -0.3 is 15.2 Å². The Morgan fingerprint density at radius 1 is 1.18 bits per heavy atom. The second-order valence-electron chi connectivity index (χ2n) is 4.25. The Labute approximate surface area is 104 Å². The van der Waals surface area contributed by atoms with E-state index in [4.69, 9.17) is 9.84 Å². The summed E-state index contributed by atoms with van der Waals surface area (Å²) >= 11 is 0. The monoisotopic (exact) mass is 237 g/mol. The van der Waals surface area contributed by atoms with Gasteiger partial charge in [0.2, 0.25) is 0 Å². The third kappa shape index (κ3) is 4.02. The molecule has 0 amide bonds. The van der Waals surface area contributed by atoms with Gasteiger partial charge in [-0.1, -0.05) is 6.07 Å². The summed E-state index contributed by atoms with van der Waals surface area (Å²) in [6.07, 6.45) is 1.84. The Bertz CT molecular complexity index is 350. The van der Waals surface area contributed by atoms with Crippen molar-refractivity contribution < 1.29 is 9.84 Å². The Hall–Kier alpha value is -1.06. The molecule has 0 fully saturated rings. The van der Waals surface area contributed by atoms with Crippen molar-refractivity contribution in [2.24, 2.45) is 0 Å². The molecule has 0 aliphatic heterocycles. The Balaban J connectivity index is 2.51. The number of benzene rings is 1. The largest absolute Gasteiger partial charge is 0.496 e. The third-order valence-electron chi connectivity index (χ3n) is 3.15. The smallest absolute Gasteiger partial charge is 0.122 e. The molecule has 2 N–H and O–H groups in total. The first kappa shape index (κ1) is 14.0. The zero-order valence-corrected chi connectivity index (χ0v) is 11.0. The average Bonchev–Trinajstić information content (AvgIpc) is 2.34. The molecule has 0 aliphatic rings. The highest BCUT2D eigenvalue weighted by molar-refractivity contribution is 5.43. The summed E-state index contributed by atoms with van der Waals surface area (Å²) < 4.78 is 5.29. The maximum Gasteiger partial charge on any atom is 0.122 e. The fourth-order valence-electron chi connectivity index (χ4n) is 1.90. The fourth-order valence-corrected chi connectivity index (χ4v) is 1.90. The van der Waals surface area contributed by atoms with Crippen LogP contribution in [0.4, 0.5) is 0 Å². The van der Waals surface area contributed by atoms with Crippen LogP contribution in [-0.4, -0.2) is 31.9 Å². The highest BCUT2D eigenvalue weighted by Crippen LogP contribution is 2.23. The molecule has 1 aromatic carbocycles. The normalized spacial score (nSPS) is 10.6. The topological polar surface area (TPSA) is 41.5 Å². The van der Waals surface area contributed by atoms with Crippen molar-refractivity contribution >= 4 is 0 Å². The zero-order valence-electron chi connectivity index (χ0n) is 11.0. The number of hydrogen-bond acceptors (Lipinski definition) is 3. The molecule has 0 saturated heterocycles. The second kappa shape index (κ2) is 7.30. The predicted octanol–water partition coefficient (Wildman–Crippen LogP) is 1.83. The minimum Gasteiger partial charge on any atom is -0.496 e. The molecule has 0 radical (unpaired) electrons. The fraction of sp³-hybridized carbons (Fsp3) is 0.571. The minimum absolute atomic E-state index is 0.258. The van der Waals surface area contributed by atoms with Gasteiger partial charge in [0.15, 0.2) is 0 Å². The molecule has 3 nitrogen and oxygen atoms in total. The Morgan fingerprint density at radius 2 is 1.94 bits per heavy atom. The van der Waals surface area contributed by atoms with Crippen LogP contribution in [-0.2, 0) is 6.42 Å². The molecule has 0 spiro atoms. The van der Waals surface area contributed by atoms with E-state index < -0.39 is 0 Å². The van der Waals surface area contributed by atoms with Gasteiger partial charge in [0.1, 0.15) is 5.75 Å². The van der Waals surface area contributed by atoms with Crippen molar-refractivity contribution in [3.63, 3.8) is 0 Å². The number of hydrogen-bond donors (Lipinski definition) is 2. The average molecular weight is 237 g/mol. The lowest BCUT2D eigenvalue weighted by Crippen LogP contribution is -2.19. The van der Waals surface area contributed by atoms with Gasteiger partial charge in [0.05, 0.1) is 7.11 Å². The van der Waals surface area contributed by atoms with E-state index in [0.717, 1.165) is 31.7 Å². The molecule has 17 heavy (non-hydrogen) atoms. The van der Waals surface area contributed by atoms with E-state index in [9.17, 15) is 0 Å². The van der Waals surface area contributed by atoms with E-state index in [0.29, 0.717) is 0 Å². The highest BCUT2D eigenvalue weighted by atomic mass is 16.5. The van der Waals surface area contributed by atoms with E-state index in [2.05, 4.69) is 25.2 Å². The molecule has 1 rings (SSSR count). The quantitative estimate of drug-likeness (QED) is 0.711. The summed E-state index contributed by atoms with van der Waals surface area (Å²) in [6, 6.07) is 4.17. The maximum atomic E-state index is 8.67. The van der Waals surface area contributed by atoms with Crippen molar-refractivity contribution in [1.29, 1.82) is 0 Å². The van der Waals surface area contributed by atoms with Crippen LogP contribution in [0.25, 0.3) is 0 Å². The van der Waals surface area contributed by atoms with Crippen LogP contribution in [0, 0.1) is 13.8 Å². The van der Waals surface area contributed by atoms with Gasteiger partial charge in [-0.2, -0.15) is 0 Å². The molecule has 3 heteroatoms. The number of aliphatic hydroxyl groups excluding tert-OH is 1. The summed E-state index contributed by atoms with van der Waals surface area (Å²) in [5.74, 6) is 0.958. The molecular formula is C14H23NO2. The molecule has 0 unspecified atom stereocenters. The lowest BCUT2D eigenvalue weighted by atomic mass is 10.00. The van der Waals surface area contributed by atoms with E-state index in [-0.39, 0.29) is 6.61 Å². The zero-order chi connectivity index (χ0) is 12.7. The Morgan fingerprint density at radius 3 is 2.59 bits per heavy atom. The van der Waals surface area contributed by atoms with E-state index >= 15 is 0 Å². The number of aliphatic hydroxyl groups is 1. The minimum atomic E-state index is 0.258. The molecule has 96 valence electrons. The first-order valence-corrected chi connectivity index (χ1v) is 6.15. The van der Waals surface area contributed by atoms with E-state index in [1.54, 1.807) is 7.11 Å². The van der Waals surface area contributed by atoms with E-state index in [1.807, 2.05) is 6.07 Å². The number of rotatable bonds is 7. The van der Waals surface area contributed by atoms with Crippen molar-refractivity contribution in [1.82, 2.24) is 5.32 Å². The van der Waals surface area contributed by atoms with Crippen LogP contribution in [0.1, 0.15) is 23.1 Å². The molecule has 0 saturated carbocycles. The third-order valence-corrected chi connectivity index (χ3v) is 3.15. The second-order valence-corrected chi connectivity index (χ2v) is 4.25. The Kier molecular flexibility index (Phi) is 6.01. The molecule has 0 aliphatic carbocycles. The molecular weight excluding hydrogens is 214 g/mol. The van der Waals surface area contributed by atoms with Crippen molar-refractivity contribution in [2.45, 2.75) is 26.7 Å². The highest BCUT2D eigenvalue weighted by Gasteiger charge is 2.05. The molecule has 0 aromatic heterocycles. The summed E-state index contributed by atoms with van der Waals surface area (Å²) in [5, 5.41) is 12.0. The first-order valence-electron chi connectivity index (χ1n) is 6.15. The van der Waals surface area contributed by atoms with Gasteiger partial charge >= 0.3 is 0 Å². The van der Waals surface area contributed by atoms with Gasteiger partial charge in [-0.05, 0) is 62.5 Å². The molecule has 0 atom stereocenters. The summed E-state index contributed by atoms with van der Waals surface area (Å²) in [4.78, 5) is 0. The van der Waals surface area contributed by atoms with Gasteiger partial charge in [0, 0.05) is 6.61 Å². The summed E-state index contributed by atoms with van der Waals surface area (Å²) in [6.45, 7) is 6.32. The summed E-state index contributed by atoms with van der Waals surface area (Å²) in [5.41, 5.74) is 3.90. The lowest BCUT2D eigenvalue weighted by molar-refractivity contribution is 0.286. The SMILES string of the molecule is COc1ccc(CCNCCCO)c(C)c1C. The number of methoxy groups -OCH3 is 1. The number of nitrogens with one attached hydrogen (secondary N) is 1. The van der Waals surface area contributed by atoms with Gasteiger partial charge in [-0.25, -0.2) is 0 Å². The van der Waals surface area contributed by atoms with Crippen molar-refractivity contribution in [2.75, 3.05) is 26.8 Å². The van der Waals surface area contributed by atoms with Crippen molar-refractivity contribution in [3.8, 4) is 5.75 Å². The first-order chi connectivity index (χ1) is 8.20. The standard InChI is InChI=1S/C14H23NO2/c1-11-12(2)14(17-3)6-5-13(11)7-9-15-8-4-10-16/h5-6,15-16H,4,7-10H2,1-3H3. The van der Waals surface area contributed by atoms with Crippen LogP contribution in [0.15, 0.2) is 12.1 Å². The van der Waals surface area contributed by atoms with Gasteiger partial charge in [0.25, 0.3) is 0 Å². The maximum absolute atomic E-state index is 8.67.